The van der Waals surface area contributed by atoms with E-state index in [2.05, 4.69) is 57.9 Å². The number of aromatic nitrogens is 4. The van der Waals surface area contributed by atoms with Gasteiger partial charge in [-0.2, -0.15) is 5.21 Å². The minimum Gasteiger partial charge on any atom is -0.339 e. The Morgan fingerprint density at radius 2 is 1.94 bits per heavy atom. The third kappa shape index (κ3) is 3.78. The molecule has 0 bridgehead atoms. The second-order valence-electron chi connectivity index (χ2n) is 8.82. The Morgan fingerprint density at radius 1 is 1.16 bits per heavy atom. The maximum absolute atomic E-state index is 12.8. The second kappa shape index (κ2) is 8.10. The zero-order valence-electron chi connectivity index (χ0n) is 17.8. The van der Waals surface area contributed by atoms with Crippen molar-refractivity contribution in [3.8, 4) is 0 Å². The van der Waals surface area contributed by atoms with Gasteiger partial charge in [0.1, 0.15) is 0 Å². The smallest absolute Gasteiger partial charge is 0.246 e. The quantitative estimate of drug-likeness (QED) is 0.660. The number of piperidine rings is 1. The summed E-state index contributed by atoms with van der Waals surface area (Å²) in [5.74, 6) is 1.27. The van der Waals surface area contributed by atoms with E-state index in [0.717, 1.165) is 50.2 Å². The van der Waals surface area contributed by atoms with Gasteiger partial charge in [0.15, 0.2) is 5.82 Å². The van der Waals surface area contributed by atoms with E-state index in [0.29, 0.717) is 5.92 Å². The normalized spacial score (nSPS) is 19.8. The summed E-state index contributed by atoms with van der Waals surface area (Å²) < 4.78 is 0. The number of carbonyl (C=O) groups is 1. The fourth-order valence-electron chi connectivity index (χ4n) is 5.37. The molecule has 1 amide bonds. The molecule has 158 valence electrons. The molecule has 1 fully saturated rings. The van der Waals surface area contributed by atoms with Gasteiger partial charge in [0, 0.05) is 25.6 Å². The van der Waals surface area contributed by atoms with E-state index in [9.17, 15) is 4.79 Å². The third-order valence-electron chi connectivity index (χ3n) is 7.05. The van der Waals surface area contributed by atoms with Crippen molar-refractivity contribution >= 4 is 12.0 Å². The van der Waals surface area contributed by atoms with Gasteiger partial charge in [0.05, 0.1) is 0 Å². The number of aryl methyl sites for hydroxylation is 1. The molecule has 31 heavy (non-hydrogen) atoms. The number of aromatic amines is 1. The molecule has 1 N–H and O–H groups in total. The minimum absolute atomic E-state index is 0.104. The number of H-pyrrole nitrogens is 1. The molecule has 3 aromatic rings. The molecule has 0 radical (unpaired) electrons. The molecule has 1 atom stereocenters. The van der Waals surface area contributed by atoms with Crippen molar-refractivity contribution in [1.29, 1.82) is 0 Å². The SMILES string of the molecule is Cc1ccccc1/C=C/C(=O)N1CCC2(CC1)CC(Cc1nn[nH]n1)c1ccccc12. The van der Waals surface area contributed by atoms with Crippen LogP contribution in [0.25, 0.3) is 6.08 Å². The number of fused-ring (bicyclic) bond motifs is 2. The fraction of sp³-hybridized carbons (Fsp3) is 0.360. The number of nitrogens with one attached hydrogen (secondary N) is 1. The van der Waals surface area contributed by atoms with Crippen LogP contribution in [-0.4, -0.2) is 44.5 Å². The monoisotopic (exact) mass is 413 g/mol. The van der Waals surface area contributed by atoms with Crippen molar-refractivity contribution in [3.63, 3.8) is 0 Å². The van der Waals surface area contributed by atoms with Crippen molar-refractivity contribution < 1.29 is 4.79 Å². The van der Waals surface area contributed by atoms with Crippen molar-refractivity contribution in [2.75, 3.05) is 13.1 Å². The molecular weight excluding hydrogens is 386 g/mol. The van der Waals surface area contributed by atoms with Gasteiger partial charge in [-0.3, -0.25) is 4.79 Å². The molecule has 1 aromatic heterocycles. The van der Waals surface area contributed by atoms with Crippen LogP contribution in [0.5, 0.6) is 0 Å². The predicted molar refractivity (Wildman–Crippen MR) is 119 cm³/mol. The van der Waals surface area contributed by atoms with Crippen molar-refractivity contribution in [3.05, 3.63) is 82.7 Å². The number of carbonyl (C=O) groups excluding carboxylic acids is 1. The summed E-state index contributed by atoms with van der Waals surface area (Å²) >= 11 is 0. The molecule has 6 nitrogen and oxygen atoms in total. The van der Waals surface area contributed by atoms with E-state index in [4.69, 9.17) is 0 Å². The lowest BCUT2D eigenvalue weighted by molar-refractivity contribution is -0.127. The molecule has 1 saturated heterocycles. The summed E-state index contributed by atoms with van der Waals surface area (Å²) in [4.78, 5) is 14.8. The van der Waals surface area contributed by atoms with Crippen LogP contribution < -0.4 is 0 Å². The minimum atomic E-state index is 0.104. The summed E-state index contributed by atoms with van der Waals surface area (Å²) in [5.41, 5.74) is 5.27. The van der Waals surface area contributed by atoms with Gasteiger partial charge in [-0.05, 0) is 65.8 Å². The van der Waals surface area contributed by atoms with E-state index in [-0.39, 0.29) is 11.3 Å². The predicted octanol–water partition coefficient (Wildman–Crippen LogP) is 3.81. The highest BCUT2D eigenvalue weighted by Gasteiger charge is 2.45. The molecule has 0 saturated carbocycles. The van der Waals surface area contributed by atoms with Crippen LogP contribution in [0.1, 0.15) is 53.3 Å². The summed E-state index contributed by atoms with van der Waals surface area (Å²) in [7, 11) is 0. The van der Waals surface area contributed by atoms with Crippen LogP contribution in [0.2, 0.25) is 0 Å². The lowest BCUT2D eigenvalue weighted by Gasteiger charge is -2.40. The fourth-order valence-corrected chi connectivity index (χ4v) is 5.37. The molecule has 2 heterocycles. The lowest BCUT2D eigenvalue weighted by Crippen LogP contribution is -2.43. The van der Waals surface area contributed by atoms with Gasteiger partial charge in [0.25, 0.3) is 0 Å². The summed E-state index contributed by atoms with van der Waals surface area (Å²) in [5, 5.41) is 14.6. The number of likely N-dealkylation sites (tertiary alicyclic amines) is 1. The Hall–Kier alpha value is -3.28. The van der Waals surface area contributed by atoms with Gasteiger partial charge in [-0.25, -0.2) is 0 Å². The van der Waals surface area contributed by atoms with Crippen LogP contribution in [-0.2, 0) is 16.6 Å². The molecule has 1 spiro atoms. The first-order valence-electron chi connectivity index (χ1n) is 11.0. The first kappa shape index (κ1) is 19.7. The Kier molecular flexibility index (Phi) is 5.14. The van der Waals surface area contributed by atoms with Crippen LogP contribution in [0.3, 0.4) is 0 Å². The molecule has 5 rings (SSSR count). The van der Waals surface area contributed by atoms with Gasteiger partial charge in [0.2, 0.25) is 5.91 Å². The maximum atomic E-state index is 12.8. The van der Waals surface area contributed by atoms with Gasteiger partial charge >= 0.3 is 0 Å². The first-order chi connectivity index (χ1) is 15.1. The van der Waals surface area contributed by atoms with E-state index >= 15 is 0 Å². The summed E-state index contributed by atoms with van der Waals surface area (Å²) in [6.45, 7) is 3.65. The highest BCUT2D eigenvalue weighted by Crippen LogP contribution is 2.52. The number of hydrogen-bond acceptors (Lipinski definition) is 4. The molecule has 1 aliphatic carbocycles. The van der Waals surface area contributed by atoms with Crippen molar-refractivity contribution in [2.24, 2.45) is 0 Å². The van der Waals surface area contributed by atoms with Gasteiger partial charge in [-0.15, -0.1) is 10.2 Å². The topological polar surface area (TPSA) is 74.8 Å². The summed E-state index contributed by atoms with van der Waals surface area (Å²) in [6.07, 6.45) is 7.54. The number of amides is 1. The number of tetrazole rings is 1. The van der Waals surface area contributed by atoms with E-state index in [1.807, 2.05) is 29.2 Å². The Bertz CT molecular complexity index is 1100. The highest BCUT2D eigenvalue weighted by atomic mass is 16.2. The Balaban J connectivity index is 1.29. The average molecular weight is 414 g/mol. The highest BCUT2D eigenvalue weighted by molar-refractivity contribution is 5.92. The Morgan fingerprint density at radius 3 is 2.71 bits per heavy atom. The van der Waals surface area contributed by atoms with E-state index in [1.54, 1.807) is 6.08 Å². The van der Waals surface area contributed by atoms with Crippen LogP contribution in [0.4, 0.5) is 0 Å². The molecule has 2 aromatic carbocycles. The molecule has 2 aliphatic rings. The standard InChI is InChI=1S/C25H27N5O/c1-18-6-2-3-7-19(18)10-11-24(31)30-14-12-25(13-15-30)17-20(16-23-26-28-29-27-23)21-8-4-5-9-22(21)25/h2-11,20H,12-17H2,1H3,(H,26,27,28,29)/b11-10+. The molecule has 1 aliphatic heterocycles. The first-order valence-corrected chi connectivity index (χ1v) is 11.0. The van der Waals surface area contributed by atoms with Crippen molar-refractivity contribution in [1.82, 2.24) is 25.5 Å². The molecular formula is C25H27N5O. The third-order valence-corrected chi connectivity index (χ3v) is 7.05. The van der Waals surface area contributed by atoms with Crippen LogP contribution >= 0.6 is 0 Å². The second-order valence-corrected chi connectivity index (χ2v) is 8.82. The number of hydrogen-bond donors (Lipinski definition) is 1. The molecule has 6 heteroatoms. The van der Waals surface area contributed by atoms with E-state index in [1.165, 1.54) is 16.7 Å². The zero-order chi connectivity index (χ0) is 21.3. The average Bonchev–Trinajstić information content (AvgIpc) is 3.41. The zero-order valence-corrected chi connectivity index (χ0v) is 17.8. The Labute approximate surface area is 182 Å². The van der Waals surface area contributed by atoms with E-state index < -0.39 is 0 Å². The lowest BCUT2D eigenvalue weighted by atomic mass is 9.73. The number of rotatable bonds is 4. The van der Waals surface area contributed by atoms with Crippen LogP contribution in [0.15, 0.2) is 54.6 Å². The van der Waals surface area contributed by atoms with Crippen LogP contribution in [0, 0.1) is 6.92 Å². The van der Waals surface area contributed by atoms with Gasteiger partial charge in [-0.1, -0.05) is 53.7 Å². The number of benzene rings is 2. The number of nitrogens with zero attached hydrogens (tertiary/aromatic N) is 4. The molecule has 1 unspecified atom stereocenters. The van der Waals surface area contributed by atoms with Gasteiger partial charge < -0.3 is 4.90 Å². The maximum Gasteiger partial charge on any atom is 0.246 e. The largest absolute Gasteiger partial charge is 0.339 e. The summed E-state index contributed by atoms with van der Waals surface area (Å²) in [6, 6.07) is 16.9. The van der Waals surface area contributed by atoms with Crippen molar-refractivity contribution in [2.45, 2.75) is 43.9 Å².